The Morgan fingerprint density at radius 2 is 2.00 bits per heavy atom. The molecule has 0 aliphatic carbocycles. The zero-order valence-corrected chi connectivity index (χ0v) is 10.0. The van der Waals surface area contributed by atoms with E-state index in [4.69, 9.17) is 4.74 Å². The molecule has 0 radical (unpaired) electrons. The van der Waals surface area contributed by atoms with Crippen molar-refractivity contribution >= 4 is 5.91 Å². The minimum Gasteiger partial charge on any atom is -0.369 e. The molecule has 0 heterocycles. The Morgan fingerprint density at radius 1 is 1.43 bits per heavy atom. The Balaban J connectivity index is 3.81. The number of nitrogens with one attached hydrogen (secondary N) is 1. The van der Waals surface area contributed by atoms with E-state index >= 15 is 0 Å². The first-order valence-electron chi connectivity index (χ1n) is 5.30. The van der Waals surface area contributed by atoms with E-state index in [1.165, 1.54) is 0 Å². The molecule has 84 valence electrons. The van der Waals surface area contributed by atoms with Gasteiger partial charge in [0.05, 0.1) is 6.10 Å². The molecule has 0 atom stereocenters. The summed E-state index contributed by atoms with van der Waals surface area (Å²) in [7, 11) is 0. The summed E-state index contributed by atoms with van der Waals surface area (Å²) in [4.78, 5) is 11.4. The van der Waals surface area contributed by atoms with Crippen molar-refractivity contribution in [3.05, 3.63) is 0 Å². The van der Waals surface area contributed by atoms with Gasteiger partial charge in [0.25, 0.3) is 0 Å². The van der Waals surface area contributed by atoms with Crippen molar-refractivity contribution in [2.75, 3.05) is 6.61 Å². The predicted octanol–water partition coefficient (Wildman–Crippen LogP) is 2.11. The fourth-order valence-electron chi connectivity index (χ4n) is 1.34. The van der Waals surface area contributed by atoms with Crippen LogP contribution < -0.4 is 5.32 Å². The molecule has 0 spiro atoms. The van der Waals surface area contributed by atoms with Gasteiger partial charge in [-0.3, -0.25) is 4.79 Å². The summed E-state index contributed by atoms with van der Waals surface area (Å²) < 4.78 is 5.22. The molecule has 0 fully saturated rings. The monoisotopic (exact) mass is 201 g/mol. The summed E-state index contributed by atoms with van der Waals surface area (Å²) in [5.41, 5.74) is -0.119. The average Bonchev–Trinajstić information content (AvgIpc) is 1.99. The zero-order chi connectivity index (χ0) is 11.2. The van der Waals surface area contributed by atoms with Crippen LogP contribution in [-0.4, -0.2) is 24.2 Å². The Kier molecular flexibility index (Phi) is 5.77. The van der Waals surface area contributed by atoms with Gasteiger partial charge in [-0.15, -0.1) is 0 Å². The Hall–Kier alpha value is -0.570. The molecule has 0 unspecified atom stereocenters. The standard InChI is InChI=1S/C11H23NO2/c1-6-7-11(4,5)12-10(13)8-14-9(2)3/h9H,6-8H2,1-5H3,(H,12,13). The second-order valence-corrected chi connectivity index (χ2v) is 4.54. The molecule has 0 aliphatic heterocycles. The first-order chi connectivity index (χ1) is 6.37. The van der Waals surface area contributed by atoms with Crippen molar-refractivity contribution < 1.29 is 9.53 Å². The second-order valence-electron chi connectivity index (χ2n) is 4.54. The van der Waals surface area contributed by atoms with Crippen LogP contribution in [-0.2, 0) is 9.53 Å². The van der Waals surface area contributed by atoms with Crippen molar-refractivity contribution in [2.24, 2.45) is 0 Å². The molecule has 3 nitrogen and oxygen atoms in total. The number of carbonyl (C=O) groups excluding carboxylic acids is 1. The third-order valence-corrected chi connectivity index (χ3v) is 1.90. The molecule has 0 aromatic heterocycles. The van der Waals surface area contributed by atoms with E-state index in [0.717, 1.165) is 12.8 Å². The Labute approximate surface area is 87.2 Å². The van der Waals surface area contributed by atoms with Gasteiger partial charge in [0.1, 0.15) is 6.61 Å². The molecule has 14 heavy (non-hydrogen) atoms. The largest absolute Gasteiger partial charge is 0.369 e. The summed E-state index contributed by atoms with van der Waals surface area (Å²) in [6.45, 7) is 10.2. The highest BCUT2D eigenvalue weighted by atomic mass is 16.5. The van der Waals surface area contributed by atoms with Crippen LogP contribution in [0.15, 0.2) is 0 Å². The van der Waals surface area contributed by atoms with Crippen LogP contribution in [0, 0.1) is 0 Å². The van der Waals surface area contributed by atoms with E-state index in [1.807, 2.05) is 27.7 Å². The van der Waals surface area contributed by atoms with Gasteiger partial charge in [-0.2, -0.15) is 0 Å². The fraction of sp³-hybridized carbons (Fsp3) is 0.909. The van der Waals surface area contributed by atoms with Gasteiger partial charge in [-0.25, -0.2) is 0 Å². The van der Waals surface area contributed by atoms with Crippen LogP contribution in [0.3, 0.4) is 0 Å². The normalized spacial score (nSPS) is 11.9. The highest BCUT2D eigenvalue weighted by Crippen LogP contribution is 2.10. The minimum atomic E-state index is -0.119. The van der Waals surface area contributed by atoms with Crippen LogP contribution in [0.5, 0.6) is 0 Å². The predicted molar refractivity (Wildman–Crippen MR) is 58.2 cm³/mol. The number of carbonyl (C=O) groups is 1. The summed E-state index contributed by atoms with van der Waals surface area (Å²) >= 11 is 0. The smallest absolute Gasteiger partial charge is 0.246 e. The van der Waals surface area contributed by atoms with Gasteiger partial charge in [-0.05, 0) is 34.1 Å². The molecule has 0 aliphatic rings. The lowest BCUT2D eigenvalue weighted by Crippen LogP contribution is -2.45. The van der Waals surface area contributed by atoms with E-state index in [1.54, 1.807) is 0 Å². The van der Waals surface area contributed by atoms with Crippen LogP contribution in [0.2, 0.25) is 0 Å². The number of hydrogen-bond donors (Lipinski definition) is 1. The maximum absolute atomic E-state index is 11.4. The van der Waals surface area contributed by atoms with Crippen molar-refractivity contribution in [2.45, 2.75) is 59.1 Å². The zero-order valence-electron chi connectivity index (χ0n) is 10.0. The van der Waals surface area contributed by atoms with Crippen LogP contribution in [0.1, 0.15) is 47.5 Å². The molecule has 0 rings (SSSR count). The van der Waals surface area contributed by atoms with Crippen LogP contribution in [0.25, 0.3) is 0 Å². The lowest BCUT2D eigenvalue weighted by Gasteiger charge is -2.25. The van der Waals surface area contributed by atoms with Crippen molar-refractivity contribution in [1.82, 2.24) is 5.32 Å². The average molecular weight is 201 g/mol. The third kappa shape index (κ3) is 6.89. The van der Waals surface area contributed by atoms with Gasteiger partial charge in [0.15, 0.2) is 0 Å². The molecule has 0 saturated heterocycles. The second kappa shape index (κ2) is 6.02. The van der Waals surface area contributed by atoms with Gasteiger partial charge in [-0.1, -0.05) is 13.3 Å². The third-order valence-electron chi connectivity index (χ3n) is 1.90. The van der Waals surface area contributed by atoms with E-state index in [0.29, 0.717) is 0 Å². The Bertz CT molecular complexity index is 176. The number of hydrogen-bond acceptors (Lipinski definition) is 2. The molecular weight excluding hydrogens is 178 g/mol. The SMILES string of the molecule is CCCC(C)(C)NC(=O)COC(C)C. The van der Waals surface area contributed by atoms with E-state index in [-0.39, 0.29) is 24.2 Å². The van der Waals surface area contributed by atoms with Crippen LogP contribution in [0.4, 0.5) is 0 Å². The van der Waals surface area contributed by atoms with E-state index in [9.17, 15) is 4.79 Å². The minimum absolute atomic E-state index is 0.0304. The quantitative estimate of drug-likeness (QED) is 0.714. The first-order valence-corrected chi connectivity index (χ1v) is 5.30. The van der Waals surface area contributed by atoms with E-state index in [2.05, 4.69) is 12.2 Å². The molecule has 1 amide bonds. The molecule has 0 aromatic rings. The summed E-state index contributed by atoms with van der Waals surface area (Å²) in [6.07, 6.45) is 2.16. The number of rotatable bonds is 6. The van der Waals surface area contributed by atoms with Crippen molar-refractivity contribution in [3.8, 4) is 0 Å². The van der Waals surface area contributed by atoms with Gasteiger partial charge in [0.2, 0.25) is 5.91 Å². The van der Waals surface area contributed by atoms with Gasteiger partial charge >= 0.3 is 0 Å². The van der Waals surface area contributed by atoms with E-state index < -0.39 is 0 Å². The molecule has 0 aromatic carbocycles. The molecular formula is C11H23NO2. The maximum Gasteiger partial charge on any atom is 0.246 e. The summed E-state index contributed by atoms with van der Waals surface area (Å²) in [5.74, 6) is -0.0304. The van der Waals surface area contributed by atoms with Gasteiger partial charge < -0.3 is 10.1 Å². The summed E-state index contributed by atoms with van der Waals surface area (Å²) in [5, 5.41) is 2.95. The van der Waals surface area contributed by atoms with Crippen molar-refractivity contribution in [3.63, 3.8) is 0 Å². The number of ether oxygens (including phenoxy) is 1. The first kappa shape index (κ1) is 13.4. The molecule has 1 N–H and O–H groups in total. The van der Waals surface area contributed by atoms with Crippen LogP contribution >= 0.6 is 0 Å². The molecule has 3 heteroatoms. The summed E-state index contributed by atoms with van der Waals surface area (Å²) in [6, 6.07) is 0. The van der Waals surface area contributed by atoms with Crippen molar-refractivity contribution in [1.29, 1.82) is 0 Å². The van der Waals surface area contributed by atoms with Gasteiger partial charge in [0, 0.05) is 5.54 Å². The maximum atomic E-state index is 11.4. The fourth-order valence-corrected chi connectivity index (χ4v) is 1.34. The molecule has 0 bridgehead atoms. The number of amides is 1. The lowest BCUT2D eigenvalue weighted by atomic mass is 9.99. The lowest BCUT2D eigenvalue weighted by molar-refractivity contribution is -0.128. The highest BCUT2D eigenvalue weighted by molar-refractivity contribution is 5.77. The topological polar surface area (TPSA) is 38.3 Å². The Morgan fingerprint density at radius 3 is 2.43 bits per heavy atom. The molecule has 0 saturated carbocycles. The highest BCUT2D eigenvalue weighted by Gasteiger charge is 2.18.